The normalized spacial score (nSPS) is 17.6. The van der Waals surface area contributed by atoms with Crippen LogP contribution in [0.2, 0.25) is 0 Å². The van der Waals surface area contributed by atoms with Crippen LogP contribution in [0.5, 0.6) is 6.01 Å². The fraction of sp³-hybridized carbons (Fsp3) is 0.700. The van der Waals surface area contributed by atoms with E-state index >= 15 is 4.39 Å². The number of amides is 1. The van der Waals surface area contributed by atoms with Crippen molar-refractivity contribution in [2.45, 2.75) is 83.9 Å². The Morgan fingerprint density at radius 1 is 1.22 bits per heavy atom. The lowest BCUT2D eigenvalue weighted by molar-refractivity contribution is 0.00663. The Balaban J connectivity index is 1.60. The molecule has 0 radical (unpaired) electrons. The first-order valence-electron chi connectivity index (χ1n) is 14.7. The van der Waals surface area contributed by atoms with Gasteiger partial charge < -0.3 is 24.4 Å². The summed E-state index contributed by atoms with van der Waals surface area (Å²) < 4.78 is 33.1. The fourth-order valence-electron chi connectivity index (χ4n) is 5.78. The number of carbonyl (C=O) groups is 1. The molecule has 0 aliphatic carbocycles. The molecule has 41 heavy (non-hydrogen) atoms. The molecule has 1 aromatic heterocycles. The van der Waals surface area contributed by atoms with E-state index in [4.69, 9.17) is 19.2 Å². The zero-order valence-electron chi connectivity index (χ0n) is 25.3. The lowest BCUT2D eigenvalue weighted by Crippen LogP contribution is -2.49. The number of methoxy groups -OCH3 is 1. The fourth-order valence-corrected chi connectivity index (χ4v) is 6.10. The van der Waals surface area contributed by atoms with E-state index in [0.717, 1.165) is 45.2 Å². The van der Waals surface area contributed by atoms with Crippen molar-refractivity contribution in [3.05, 3.63) is 22.4 Å². The summed E-state index contributed by atoms with van der Waals surface area (Å²) in [6, 6.07) is 3.20. The number of nitrogens with zero attached hydrogens (tertiary/aromatic N) is 4. The molecule has 2 aliphatic rings. The van der Waals surface area contributed by atoms with E-state index < -0.39 is 17.5 Å². The summed E-state index contributed by atoms with van der Waals surface area (Å²) >= 11 is 3.29. The average molecular weight is 639 g/mol. The molecule has 1 atom stereocenters. The van der Waals surface area contributed by atoms with Gasteiger partial charge in [0.15, 0.2) is 5.82 Å². The van der Waals surface area contributed by atoms with Gasteiger partial charge in [0.1, 0.15) is 23.5 Å². The van der Waals surface area contributed by atoms with E-state index in [2.05, 4.69) is 45.0 Å². The van der Waals surface area contributed by atoms with Crippen molar-refractivity contribution in [1.82, 2.24) is 19.8 Å². The minimum Gasteiger partial charge on any atom is -0.461 e. The Kier molecular flexibility index (Phi) is 10.3. The number of carbonyl (C=O) groups excluding carboxylic acids is 1. The van der Waals surface area contributed by atoms with E-state index in [0.29, 0.717) is 41.3 Å². The summed E-state index contributed by atoms with van der Waals surface area (Å²) in [7, 11) is 1.61. The maximum absolute atomic E-state index is 15.3. The Morgan fingerprint density at radius 2 is 1.93 bits per heavy atom. The Labute approximate surface area is 251 Å². The molecule has 0 saturated carbocycles. The molecule has 2 aliphatic heterocycles. The highest BCUT2D eigenvalue weighted by Gasteiger charge is 2.45. The van der Waals surface area contributed by atoms with Gasteiger partial charge in [-0.05, 0) is 99.9 Å². The van der Waals surface area contributed by atoms with E-state index in [1.54, 1.807) is 24.1 Å². The van der Waals surface area contributed by atoms with Gasteiger partial charge in [-0.2, -0.15) is 9.97 Å². The van der Waals surface area contributed by atoms with Crippen LogP contribution in [-0.2, 0) is 9.47 Å². The maximum Gasteiger partial charge on any atom is 0.410 e. The second kappa shape index (κ2) is 13.4. The van der Waals surface area contributed by atoms with Gasteiger partial charge in [0.05, 0.1) is 22.7 Å². The highest BCUT2D eigenvalue weighted by atomic mass is 79.9. The van der Waals surface area contributed by atoms with Crippen molar-refractivity contribution < 1.29 is 23.4 Å². The second-order valence-corrected chi connectivity index (χ2v) is 13.5. The van der Waals surface area contributed by atoms with Crippen molar-refractivity contribution in [3.63, 3.8) is 0 Å². The molecule has 0 spiro atoms. The highest BCUT2D eigenvalue weighted by molar-refractivity contribution is 9.10. The summed E-state index contributed by atoms with van der Waals surface area (Å²) in [4.78, 5) is 26.7. The number of fused-ring (bicyclic) bond motifs is 2. The highest BCUT2D eigenvalue weighted by Crippen LogP contribution is 2.39. The van der Waals surface area contributed by atoms with Gasteiger partial charge in [0, 0.05) is 25.6 Å². The zero-order chi connectivity index (χ0) is 29.8. The number of anilines is 1. The van der Waals surface area contributed by atoms with Gasteiger partial charge in [0.2, 0.25) is 0 Å². The monoisotopic (exact) mass is 637 g/mol. The minimum absolute atomic E-state index is 0.00954. The first-order valence-corrected chi connectivity index (χ1v) is 15.5. The van der Waals surface area contributed by atoms with Crippen LogP contribution >= 0.6 is 15.9 Å². The molecule has 9 nitrogen and oxygen atoms in total. The minimum atomic E-state index is -0.633. The Bertz CT molecular complexity index is 1200. The van der Waals surface area contributed by atoms with Gasteiger partial charge in [-0.25, -0.2) is 9.18 Å². The number of benzene rings is 1. The predicted octanol–water partition coefficient (Wildman–Crippen LogP) is 6.25. The van der Waals surface area contributed by atoms with Crippen LogP contribution in [0.15, 0.2) is 16.6 Å². The first-order chi connectivity index (χ1) is 19.4. The largest absolute Gasteiger partial charge is 0.461 e. The number of hydrogen-bond donors (Lipinski definition) is 1. The van der Waals surface area contributed by atoms with Gasteiger partial charge in [-0.15, -0.1) is 0 Å². The lowest BCUT2D eigenvalue weighted by atomic mass is 9.95. The molecule has 228 valence electrons. The lowest BCUT2D eigenvalue weighted by Gasteiger charge is -2.34. The summed E-state index contributed by atoms with van der Waals surface area (Å²) in [5.74, 6) is 0.371. The molecule has 2 fully saturated rings. The standard InChI is InChI=1S/C30H45BrFN5O4/c1-20(2)11-16-37(28(38)41-29(3,4)5)21(18-39-6)17-33-26-22-9-10-23(31)24(32)25(22)34-27(35-26)40-19-30-12-7-14-36(30)15-8-13-30/h9-10,20-21H,7-8,11-19H2,1-6H3,(H,33,34,35). The number of halogens is 2. The second-order valence-electron chi connectivity index (χ2n) is 12.7. The van der Waals surface area contributed by atoms with Crippen LogP contribution in [0, 0.1) is 11.7 Å². The Hall–Kier alpha value is -2.24. The van der Waals surface area contributed by atoms with Crippen LogP contribution in [0.3, 0.4) is 0 Å². The first kappa shape index (κ1) is 31.7. The zero-order valence-corrected chi connectivity index (χ0v) is 26.9. The van der Waals surface area contributed by atoms with Crippen molar-refractivity contribution >= 4 is 38.7 Å². The number of nitrogens with one attached hydrogen (secondary N) is 1. The van der Waals surface area contributed by atoms with E-state index in [9.17, 15) is 4.79 Å². The summed E-state index contributed by atoms with van der Waals surface area (Å²) in [5.41, 5.74) is -0.451. The quantitative estimate of drug-likeness (QED) is 0.292. The number of ether oxygens (including phenoxy) is 3. The molecular weight excluding hydrogens is 593 g/mol. The smallest absolute Gasteiger partial charge is 0.410 e. The summed E-state index contributed by atoms with van der Waals surface area (Å²) in [5, 5.41) is 3.89. The van der Waals surface area contributed by atoms with Crippen molar-refractivity contribution in [1.29, 1.82) is 0 Å². The van der Waals surface area contributed by atoms with Crippen LogP contribution in [-0.4, -0.2) is 89.5 Å². The van der Waals surface area contributed by atoms with E-state index in [1.807, 2.05) is 20.8 Å². The van der Waals surface area contributed by atoms with Gasteiger partial charge >= 0.3 is 12.1 Å². The molecule has 4 rings (SSSR count). The molecule has 2 saturated heterocycles. The molecular formula is C30H45BrFN5O4. The predicted molar refractivity (Wildman–Crippen MR) is 162 cm³/mol. The third kappa shape index (κ3) is 7.78. The third-order valence-electron chi connectivity index (χ3n) is 7.90. The summed E-state index contributed by atoms with van der Waals surface area (Å²) in [6.07, 6.45) is 4.89. The number of rotatable bonds is 12. The molecule has 1 N–H and O–H groups in total. The molecule has 1 amide bonds. The average Bonchev–Trinajstić information content (AvgIpc) is 3.47. The molecule has 3 heterocycles. The molecule has 2 aromatic rings. The van der Waals surface area contributed by atoms with E-state index in [-0.39, 0.29) is 29.7 Å². The SMILES string of the molecule is COCC(CNc1nc(OCC23CCCN2CCC3)nc2c(F)c(Br)ccc12)N(CCC(C)C)C(=O)OC(C)(C)C. The third-order valence-corrected chi connectivity index (χ3v) is 8.51. The van der Waals surface area contributed by atoms with Crippen molar-refractivity contribution in [2.75, 3.05) is 51.8 Å². The topological polar surface area (TPSA) is 89.0 Å². The molecule has 1 unspecified atom stereocenters. The van der Waals surface area contributed by atoms with E-state index in [1.165, 1.54) is 0 Å². The van der Waals surface area contributed by atoms with Crippen molar-refractivity contribution in [2.24, 2.45) is 5.92 Å². The number of aromatic nitrogens is 2. The number of hydrogen-bond acceptors (Lipinski definition) is 8. The molecule has 0 bridgehead atoms. The van der Waals surface area contributed by atoms with Gasteiger partial charge in [0.25, 0.3) is 0 Å². The van der Waals surface area contributed by atoms with Crippen LogP contribution in [0.4, 0.5) is 15.0 Å². The molecule has 1 aromatic carbocycles. The molecule has 11 heteroatoms. The maximum atomic E-state index is 15.3. The van der Waals surface area contributed by atoms with Gasteiger partial charge in [-0.3, -0.25) is 4.90 Å². The Morgan fingerprint density at radius 3 is 2.56 bits per heavy atom. The van der Waals surface area contributed by atoms with Crippen LogP contribution in [0.25, 0.3) is 10.9 Å². The summed E-state index contributed by atoms with van der Waals surface area (Å²) in [6.45, 7) is 13.6. The van der Waals surface area contributed by atoms with Crippen LogP contribution < -0.4 is 10.1 Å². The van der Waals surface area contributed by atoms with Crippen molar-refractivity contribution in [3.8, 4) is 6.01 Å². The van der Waals surface area contributed by atoms with Gasteiger partial charge in [-0.1, -0.05) is 13.8 Å². The van der Waals surface area contributed by atoms with Crippen LogP contribution in [0.1, 0.15) is 66.7 Å².